The predicted molar refractivity (Wildman–Crippen MR) is 76.0 cm³/mol. The quantitative estimate of drug-likeness (QED) is 0.718. The number of rotatable bonds is 2. The van der Waals surface area contributed by atoms with Crippen LogP contribution in [-0.4, -0.2) is 15.0 Å². The predicted octanol–water partition coefficient (Wildman–Crippen LogP) is 3.93. The maximum absolute atomic E-state index is 5.21. The normalized spacial score (nSPS) is 10.4. The largest absolute Gasteiger partial charge is 0.338 e. The summed E-state index contributed by atoms with van der Waals surface area (Å²) in [5.74, 6) is 0.711. The van der Waals surface area contributed by atoms with Crippen LogP contribution in [0.1, 0.15) is 0 Å². The molecule has 0 bridgehead atoms. The van der Waals surface area contributed by atoms with Crippen molar-refractivity contribution in [3.05, 3.63) is 51.9 Å². The van der Waals surface area contributed by atoms with Crippen LogP contribution in [0.4, 0.5) is 0 Å². The fourth-order valence-electron chi connectivity index (χ4n) is 1.68. The monoisotopic (exact) mass is 271 g/mol. The zero-order valence-electron chi connectivity index (χ0n) is 9.33. The highest BCUT2D eigenvalue weighted by molar-refractivity contribution is 7.71. The van der Waals surface area contributed by atoms with Crippen LogP contribution in [0.5, 0.6) is 0 Å². The standard InChI is InChI=1S/C13H9N3S2/c17-12-6-10(9-4-2-1-3-5-9)15-13(16-12)11-7-18-8-14-11/h1-8H,(H,15,16,17). The van der Waals surface area contributed by atoms with Crippen LogP contribution in [0.25, 0.3) is 22.8 Å². The lowest BCUT2D eigenvalue weighted by atomic mass is 10.1. The fraction of sp³-hybridized carbons (Fsp3) is 0. The van der Waals surface area contributed by atoms with E-state index in [1.165, 1.54) is 11.3 Å². The minimum Gasteiger partial charge on any atom is -0.338 e. The molecule has 2 heterocycles. The Hall–Kier alpha value is -1.85. The average Bonchev–Trinajstić information content (AvgIpc) is 2.93. The van der Waals surface area contributed by atoms with E-state index in [2.05, 4.69) is 15.0 Å². The Morgan fingerprint density at radius 1 is 1.17 bits per heavy atom. The van der Waals surface area contributed by atoms with Crippen molar-refractivity contribution in [1.29, 1.82) is 0 Å². The van der Waals surface area contributed by atoms with Crippen molar-refractivity contribution in [1.82, 2.24) is 15.0 Å². The lowest BCUT2D eigenvalue weighted by Gasteiger charge is -2.04. The van der Waals surface area contributed by atoms with Gasteiger partial charge in [0.15, 0.2) is 5.82 Å². The van der Waals surface area contributed by atoms with Crippen LogP contribution >= 0.6 is 23.6 Å². The number of hydrogen-bond donors (Lipinski definition) is 1. The first-order valence-corrected chi connectivity index (χ1v) is 6.73. The van der Waals surface area contributed by atoms with Crippen LogP contribution < -0.4 is 0 Å². The van der Waals surface area contributed by atoms with Gasteiger partial charge in [-0.2, -0.15) is 0 Å². The summed E-state index contributed by atoms with van der Waals surface area (Å²) in [5, 5.41) is 1.95. The lowest BCUT2D eigenvalue weighted by Crippen LogP contribution is -1.92. The van der Waals surface area contributed by atoms with Crippen molar-refractivity contribution < 1.29 is 0 Å². The molecule has 3 aromatic rings. The van der Waals surface area contributed by atoms with Gasteiger partial charge in [-0.25, -0.2) is 9.97 Å². The number of thiazole rings is 1. The number of aromatic amines is 1. The molecule has 1 aromatic carbocycles. The molecule has 0 aliphatic carbocycles. The van der Waals surface area contributed by atoms with Crippen molar-refractivity contribution in [3.63, 3.8) is 0 Å². The summed E-state index contributed by atoms with van der Waals surface area (Å²) in [7, 11) is 0. The van der Waals surface area contributed by atoms with Gasteiger partial charge in [-0.05, 0) is 11.6 Å². The Labute approximate surface area is 113 Å². The Morgan fingerprint density at radius 2 is 2.00 bits per heavy atom. The maximum atomic E-state index is 5.21. The third-order valence-electron chi connectivity index (χ3n) is 2.50. The second-order valence-corrected chi connectivity index (χ2v) is 4.86. The molecule has 0 atom stereocenters. The number of benzene rings is 1. The van der Waals surface area contributed by atoms with E-state index in [1.807, 2.05) is 41.8 Å². The lowest BCUT2D eigenvalue weighted by molar-refractivity contribution is 1.14. The van der Waals surface area contributed by atoms with Gasteiger partial charge in [0.05, 0.1) is 5.51 Å². The molecule has 18 heavy (non-hydrogen) atoms. The number of H-pyrrole nitrogens is 1. The Kier molecular flexibility index (Phi) is 3.00. The van der Waals surface area contributed by atoms with Crippen molar-refractivity contribution in [2.24, 2.45) is 0 Å². The van der Waals surface area contributed by atoms with E-state index in [-0.39, 0.29) is 0 Å². The summed E-state index contributed by atoms with van der Waals surface area (Å²) >= 11 is 6.74. The van der Waals surface area contributed by atoms with E-state index in [4.69, 9.17) is 12.2 Å². The van der Waals surface area contributed by atoms with E-state index >= 15 is 0 Å². The van der Waals surface area contributed by atoms with Gasteiger partial charge in [-0.15, -0.1) is 11.3 Å². The molecule has 0 radical (unpaired) electrons. The Morgan fingerprint density at radius 3 is 2.72 bits per heavy atom. The summed E-state index contributed by atoms with van der Waals surface area (Å²) in [6, 6.07) is 11.9. The van der Waals surface area contributed by atoms with Crippen molar-refractivity contribution in [3.8, 4) is 22.8 Å². The number of nitrogens with one attached hydrogen (secondary N) is 1. The van der Waals surface area contributed by atoms with Crippen molar-refractivity contribution in [2.75, 3.05) is 0 Å². The number of nitrogens with zero attached hydrogens (tertiary/aromatic N) is 2. The molecule has 3 rings (SSSR count). The van der Waals surface area contributed by atoms with Crippen LogP contribution in [0, 0.1) is 4.64 Å². The minimum absolute atomic E-state index is 0.565. The third kappa shape index (κ3) is 2.23. The topological polar surface area (TPSA) is 41.6 Å². The second kappa shape index (κ2) is 4.80. The van der Waals surface area contributed by atoms with E-state index in [9.17, 15) is 0 Å². The minimum atomic E-state index is 0.565. The van der Waals surface area contributed by atoms with Crippen LogP contribution in [0.15, 0.2) is 47.3 Å². The molecular weight excluding hydrogens is 262 g/mol. The number of aromatic nitrogens is 3. The SMILES string of the molecule is S=c1cc(-c2ccccc2)[nH]c(-c2cscn2)n1. The first-order chi connectivity index (χ1) is 8.83. The zero-order chi connectivity index (χ0) is 12.4. The highest BCUT2D eigenvalue weighted by atomic mass is 32.1. The molecule has 0 aliphatic heterocycles. The van der Waals surface area contributed by atoms with Gasteiger partial charge in [-0.3, -0.25) is 0 Å². The van der Waals surface area contributed by atoms with Gasteiger partial charge in [0, 0.05) is 11.1 Å². The second-order valence-electron chi connectivity index (χ2n) is 3.72. The summed E-state index contributed by atoms with van der Waals surface area (Å²) in [6.07, 6.45) is 0. The van der Waals surface area contributed by atoms with Crippen LogP contribution in [0.2, 0.25) is 0 Å². The molecule has 2 aromatic heterocycles. The Balaban J connectivity index is 2.15. The number of hydrogen-bond acceptors (Lipinski definition) is 4. The summed E-state index contributed by atoms with van der Waals surface area (Å²) in [4.78, 5) is 11.8. The maximum Gasteiger partial charge on any atom is 0.158 e. The first kappa shape index (κ1) is 11.3. The molecule has 1 N–H and O–H groups in total. The van der Waals surface area contributed by atoms with Crippen LogP contribution in [0.3, 0.4) is 0 Å². The van der Waals surface area contributed by atoms with Gasteiger partial charge in [0.1, 0.15) is 10.3 Å². The summed E-state index contributed by atoms with van der Waals surface area (Å²) in [5.41, 5.74) is 4.65. The first-order valence-electron chi connectivity index (χ1n) is 5.38. The van der Waals surface area contributed by atoms with Gasteiger partial charge >= 0.3 is 0 Å². The van der Waals surface area contributed by atoms with Gasteiger partial charge in [0.25, 0.3) is 0 Å². The van der Waals surface area contributed by atoms with Crippen LogP contribution in [-0.2, 0) is 0 Å². The summed E-state index contributed by atoms with van der Waals surface area (Å²) in [6.45, 7) is 0. The van der Waals surface area contributed by atoms with E-state index in [0.29, 0.717) is 10.5 Å². The molecule has 0 aliphatic rings. The average molecular weight is 271 g/mol. The van der Waals surface area contributed by atoms with Gasteiger partial charge in [-0.1, -0.05) is 42.5 Å². The van der Waals surface area contributed by atoms with Crippen molar-refractivity contribution in [2.45, 2.75) is 0 Å². The molecule has 3 nitrogen and oxygen atoms in total. The van der Waals surface area contributed by atoms with E-state index < -0.39 is 0 Å². The van der Waals surface area contributed by atoms with E-state index in [0.717, 1.165) is 17.0 Å². The molecular formula is C13H9N3S2. The Bertz CT molecular complexity index is 703. The molecule has 0 fully saturated rings. The highest BCUT2D eigenvalue weighted by Crippen LogP contribution is 2.20. The zero-order valence-corrected chi connectivity index (χ0v) is 11.0. The van der Waals surface area contributed by atoms with E-state index in [1.54, 1.807) is 5.51 Å². The molecule has 88 valence electrons. The summed E-state index contributed by atoms with van der Waals surface area (Å²) < 4.78 is 0.565. The molecule has 0 unspecified atom stereocenters. The molecule has 0 saturated heterocycles. The molecule has 0 spiro atoms. The highest BCUT2D eigenvalue weighted by Gasteiger charge is 2.05. The smallest absolute Gasteiger partial charge is 0.158 e. The third-order valence-corrected chi connectivity index (χ3v) is 3.30. The van der Waals surface area contributed by atoms with Gasteiger partial charge < -0.3 is 4.98 Å². The van der Waals surface area contributed by atoms with Crippen molar-refractivity contribution >= 4 is 23.6 Å². The molecule has 0 saturated carbocycles. The fourth-order valence-corrected chi connectivity index (χ4v) is 2.43. The molecule has 0 amide bonds. The van der Waals surface area contributed by atoms with Gasteiger partial charge in [0.2, 0.25) is 0 Å². The molecule has 5 heteroatoms.